The first-order valence-corrected chi connectivity index (χ1v) is 7.68. The summed E-state index contributed by atoms with van der Waals surface area (Å²) in [6, 6.07) is 3.87. The van der Waals surface area contributed by atoms with Gasteiger partial charge in [0.2, 0.25) is 4.77 Å². The van der Waals surface area contributed by atoms with E-state index < -0.39 is 0 Å². The smallest absolute Gasteiger partial charge is 0.203 e. The molecule has 0 fully saturated rings. The molecule has 0 saturated carbocycles. The van der Waals surface area contributed by atoms with E-state index in [1.807, 2.05) is 13.8 Å². The highest BCUT2D eigenvalue weighted by molar-refractivity contribution is 7.71. The molecule has 1 atom stereocenters. The Kier molecular flexibility index (Phi) is 5.22. The molecular weight excluding hydrogens is 329 g/mol. The Labute approximate surface area is 138 Å². The number of hydrogen-bond acceptors (Lipinski definition) is 4. The third kappa shape index (κ3) is 3.55. The molecule has 0 N–H and O–H groups in total. The Morgan fingerprint density at radius 2 is 2.24 bits per heavy atom. The van der Waals surface area contributed by atoms with Crippen LogP contribution in [0.3, 0.4) is 0 Å². The molecule has 0 aliphatic carbocycles. The van der Waals surface area contributed by atoms with E-state index in [-0.39, 0.29) is 5.92 Å². The Morgan fingerprint density at radius 1 is 1.52 bits per heavy atom. The monoisotopic (exact) mass is 343 g/mol. The summed E-state index contributed by atoms with van der Waals surface area (Å²) in [5.74, 6) is -0.0471. The Bertz CT molecular complexity index is 745. The summed E-state index contributed by atoms with van der Waals surface area (Å²) in [5, 5.41) is 14.3. The second-order valence-electron chi connectivity index (χ2n) is 4.82. The quantitative estimate of drug-likeness (QED) is 0.778. The highest BCUT2D eigenvalue weighted by Crippen LogP contribution is 2.21. The van der Waals surface area contributed by atoms with Gasteiger partial charge in [-0.3, -0.25) is 9.30 Å². The zero-order valence-corrected chi connectivity index (χ0v) is 14.1. The first-order chi connectivity index (χ1) is 9.96. The van der Waals surface area contributed by atoms with Crippen LogP contribution in [0.5, 0.6) is 0 Å². The highest BCUT2D eigenvalue weighted by Gasteiger charge is 2.13. The molecular formula is C13H15Cl2N5S. The first-order valence-electron chi connectivity index (χ1n) is 6.52. The summed E-state index contributed by atoms with van der Waals surface area (Å²) in [4.78, 5) is 2.10. The van der Waals surface area contributed by atoms with Gasteiger partial charge in [-0.2, -0.15) is 5.26 Å². The van der Waals surface area contributed by atoms with Gasteiger partial charge in [0, 0.05) is 12.7 Å². The predicted octanol–water partition coefficient (Wildman–Crippen LogP) is 3.61. The van der Waals surface area contributed by atoms with Crippen LogP contribution in [-0.2, 0) is 6.67 Å². The fraction of sp³-hybridized carbons (Fsp3) is 0.462. The van der Waals surface area contributed by atoms with Crippen molar-refractivity contribution in [1.29, 1.82) is 5.26 Å². The summed E-state index contributed by atoms with van der Waals surface area (Å²) < 4.78 is 3.92. The van der Waals surface area contributed by atoms with E-state index in [1.54, 1.807) is 21.3 Å². The van der Waals surface area contributed by atoms with E-state index in [4.69, 9.17) is 40.7 Å². The lowest BCUT2D eigenvalue weighted by atomic mass is 10.2. The van der Waals surface area contributed by atoms with Crippen LogP contribution in [0.25, 0.3) is 5.65 Å². The number of fused-ring (bicyclic) bond motifs is 1. The van der Waals surface area contributed by atoms with Crippen molar-refractivity contribution in [3.8, 4) is 6.07 Å². The summed E-state index contributed by atoms with van der Waals surface area (Å²) >= 11 is 17.5. The van der Waals surface area contributed by atoms with Crippen LogP contribution in [0.2, 0.25) is 10.0 Å². The van der Waals surface area contributed by atoms with Gasteiger partial charge in [-0.05, 0) is 31.8 Å². The van der Waals surface area contributed by atoms with Gasteiger partial charge in [0.25, 0.3) is 0 Å². The fourth-order valence-corrected chi connectivity index (χ4v) is 2.79. The zero-order chi connectivity index (χ0) is 15.6. The number of nitrogens with zero attached hydrogens (tertiary/aromatic N) is 5. The van der Waals surface area contributed by atoms with Gasteiger partial charge in [0.1, 0.15) is 0 Å². The second-order valence-corrected chi connectivity index (χ2v) is 6.03. The first kappa shape index (κ1) is 16.2. The van der Waals surface area contributed by atoms with Crippen LogP contribution < -0.4 is 0 Å². The van der Waals surface area contributed by atoms with E-state index in [1.165, 1.54) is 0 Å². The molecule has 112 valence electrons. The number of nitriles is 1. The van der Waals surface area contributed by atoms with Crippen LogP contribution in [0.4, 0.5) is 0 Å². The van der Waals surface area contributed by atoms with Gasteiger partial charge < -0.3 is 0 Å². The average molecular weight is 344 g/mol. The maximum Gasteiger partial charge on any atom is 0.203 e. The van der Waals surface area contributed by atoms with Crippen LogP contribution in [-0.4, -0.2) is 32.2 Å². The minimum absolute atomic E-state index is 0.0471. The maximum absolute atomic E-state index is 8.93. The molecule has 0 aromatic carbocycles. The second kappa shape index (κ2) is 6.75. The number of halogens is 2. The third-order valence-corrected chi connectivity index (χ3v) is 4.03. The van der Waals surface area contributed by atoms with Crippen molar-refractivity contribution in [2.45, 2.75) is 20.5 Å². The largest absolute Gasteiger partial charge is 0.283 e. The summed E-state index contributed by atoms with van der Waals surface area (Å²) in [6.45, 7) is 5.90. The van der Waals surface area contributed by atoms with Gasteiger partial charge in [0.05, 0.1) is 28.7 Å². The van der Waals surface area contributed by atoms with Crippen molar-refractivity contribution in [2.24, 2.45) is 5.92 Å². The lowest BCUT2D eigenvalue weighted by Gasteiger charge is -2.20. The molecule has 0 bridgehead atoms. The molecule has 21 heavy (non-hydrogen) atoms. The van der Waals surface area contributed by atoms with Crippen molar-refractivity contribution < 1.29 is 0 Å². The van der Waals surface area contributed by atoms with Gasteiger partial charge in [-0.25, -0.2) is 4.68 Å². The Balaban J connectivity index is 2.35. The molecule has 2 heterocycles. The summed E-state index contributed by atoms with van der Waals surface area (Å²) in [6.07, 6.45) is 1.70. The van der Waals surface area contributed by atoms with Crippen molar-refractivity contribution >= 4 is 41.1 Å². The molecule has 0 aliphatic rings. The van der Waals surface area contributed by atoms with Gasteiger partial charge in [-0.15, -0.1) is 5.10 Å². The van der Waals surface area contributed by atoms with Crippen LogP contribution in [0.15, 0.2) is 12.3 Å². The minimum Gasteiger partial charge on any atom is -0.283 e. The SMILES string of the molecule is CCN(C[C@H](C)C#N)Cn1nc2c(Cl)cc(Cl)cn2c1=S. The van der Waals surface area contributed by atoms with Crippen molar-refractivity contribution in [3.05, 3.63) is 27.1 Å². The van der Waals surface area contributed by atoms with Crippen molar-refractivity contribution in [3.63, 3.8) is 0 Å². The topological polar surface area (TPSA) is 49.3 Å². The highest BCUT2D eigenvalue weighted by atomic mass is 35.5. The minimum atomic E-state index is -0.0471. The van der Waals surface area contributed by atoms with Gasteiger partial charge in [0.15, 0.2) is 5.65 Å². The van der Waals surface area contributed by atoms with Gasteiger partial charge in [-0.1, -0.05) is 30.1 Å². The third-order valence-electron chi connectivity index (χ3n) is 3.13. The van der Waals surface area contributed by atoms with Crippen molar-refractivity contribution in [1.82, 2.24) is 19.1 Å². The predicted molar refractivity (Wildman–Crippen MR) is 86.1 cm³/mol. The van der Waals surface area contributed by atoms with Crippen LogP contribution in [0, 0.1) is 22.0 Å². The molecule has 5 nitrogen and oxygen atoms in total. The number of aromatic nitrogens is 3. The number of pyridine rings is 1. The Hall–Kier alpha value is -1.13. The van der Waals surface area contributed by atoms with E-state index in [0.717, 1.165) is 6.54 Å². The molecule has 0 radical (unpaired) electrons. The molecule has 0 aliphatic heterocycles. The normalized spacial score (nSPS) is 12.8. The molecule has 2 rings (SSSR count). The standard InChI is InChI=1S/C13H15Cl2N5S/c1-3-18(6-9(2)5-16)8-20-13(21)19-7-10(14)4-11(15)12(19)17-20/h4,7,9H,3,6,8H2,1-2H3/t9-/m1/s1. The van der Waals surface area contributed by atoms with E-state index in [2.05, 4.69) is 16.1 Å². The molecule has 2 aromatic rings. The molecule has 0 amide bonds. The summed E-state index contributed by atoms with van der Waals surface area (Å²) in [7, 11) is 0. The molecule has 0 unspecified atom stereocenters. The van der Waals surface area contributed by atoms with Crippen molar-refractivity contribution in [2.75, 3.05) is 13.1 Å². The molecule has 0 spiro atoms. The van der Waals surface area contributed by atoms with Crippen LogP contribution in [0.1, 0.15) is 13.8 Å². The van der Waals surface area contributed by atoms with Gasteiger partial charge >= 0.3 is 0 Å². The fourth-order valence-electron chi connectivity index (χ4n) is 2.04. The number of rotatable bonds is 5. The van der Waals surface area contributed by atoms with E-state index in [9.17, 15) is 0 Å². The lowest BCUT2D eigenvalue weighted by molar-refractivity contribution is 0.202. The summed E-state index contributed by atoms with van der Waals surface area (Å²) in [5.41, 5.74) is 0.579. The molecule has 8 heteroatoms. The molecule has 2 aromatic heterocycles. The maximum atomic E-state index is 8.93. The Morgan fingerprint density at radius 3 is 2.86 bits per heavy atom. The van der Waals surface area contributed by atoms with E-state index in [0.29, 0.717) is 33.7 Å². The van der Waals surface area contributed by atoms with E-state index >= 15 is 0 Å². The average Bonchev–Trinajstić information content (AvgIpc) is 2.75. The lowest BCUT2D eigenvalue weighted by Crippen LogP contribution is -2.30. The number of hydrogen-bond donors (Lipinski definition) is 0. The molecule has 0 saturated heterocycles. The zero-order valence-electron chi connectivity index (χ0n) is 11.8. The van der Waals surface area contributed by atoms with Crippen LogP contribution >= 0.6 is 35.4 Å².